The van der Waals surface area contributed by atoms with E-state index in [4.69, 9.17) is 6.42 Å². The van der Waals surface area contributed by atoms with E-state index in [-0.39, 0.29) is 17.1 Å². The molecule has 0 saturated carbocycles. The van der Waals surface area contributed by atoms with Gasteiger partial charge in [-0.2, -0.15) is 8.42 Å². The zero-order valence-electron chi connectivity index (χ0n) is 19.8. The first-order valence-corrected chi connectivity index (χ1v) is 12.6. The Hall–Kier alpha value is -4.16. The summed E-state index contributed by atoms with van der Waals surface area (Å²) < 4.78 is 41.5. The van der Waals surface area contributed by atoms with E-state index in [9.17, 15) is 17.1 Å². The second kappa shape index (κ2) is 8.50. The van der Waals surface area contributed by atoms with Crippen molar-refractivity contribution in [3.63, 3.8) is 0 Å². The predicted molar refractivity (Wildman–Crippen MR) is 139 cm³/mol. The molecule has 5 aromatic rings. The Bertz CT molecular complexity index is 1900. The lowest BCUT2D eigenvalue weighted by atomic mass is 9.91. The third kappa shape index (κ3) is 3.89. The fourth-order valence-corrected chi connectivity index (χ4v) is 5.07. The number of hydrogen-bond donors (Lipinski definition) is 1. The summed E-state index contributed by atoms with van der Waals surface area (Å²) in [5.74, 6) is 2.40. The number of hydrogen-bond acceptors (Lipinski definition) is 5. The summed E-state index contributed by atoms with van der Waals surface area (Å²) in [6.07, 6.45) is 8.23. The second-order valence-corrected chi connectivity index (χ2v) is 9.78. The molecule has 0 atom stereocenters. The molecule has 0 amide bonds. The Morgan fingerprint density at radius 3 is 2.61 bits per heavy atom. The van der Waals surface area contributed by atoms with E-state index in [1.165, 1.54) is 6.07 Å². The quantitative estimate of drug-likeness (QED) is 0.255. The van der Waals surface area contributed by atoms with Gasteiger partial charge in [-0.3, -0.25) is 9.78 Å². The van der Waals surface area contributed by atoms with Crippen LogP contribution in [0.2, 0.25) is 0 Å². The summed E-state index contributed by atoms with van der Waals surface area (Å²) >= 11 is 0. The minimum Gasteiger partial charge on any atom is -0.357 e. The van der Waals surface area contributed by atoms with Gasteiger partial charge in [0.25, 0.3) is 0 Å². The van der Waals surface area contributed by atoms with Gasteiger partial charge in [0.1, 0.15) is 5.65 Å². The van der Waals surface area contributed by atoms with E-state index >= 15 is 0 Å². The molecule has 0 spiro atoms. The van der Waals surface area contributed by atoms with Crippen molar-refractivity contribution in [3.05, 3.63) is 70.1 Å². The number of terminal acetylenes is 1. The topological polar surface area (TPSA) is 94.1 Å². The third-order valence-electron chi connectivity index (χ3n) is 6.30. The van der Waals surface area contributed by atoms with Crippen LogP contribution in [0.5, 0.6) is 5.75 Å². The number of benzene rings is 2. The molecule has 182 valence electrons. The van der Waals surface area contributed by atoms with Crippen LogP contribution in [0.15, 0.2) is 53.6 Å². The van der Waals surface area contributed by atoms with Gasteiger partial charge in [-0.05, 0) is 54.3 Å². The molecule has 7 nitrogen and oxygen atoms in total. The van der Waals surface area contributed by atoms with Crippen LogP contribution in [0.1, 0.15) is 37.8 Å². The Labute approximate surface area is 207 Å². The molecule has 0 bridgehead atoms. The number of H-pyrrole nitrogens is 1. The van der Waals surface area contributed by atoms with Gasteiger partial charge in [0, 0.05) is 40.2 Å². The maximum absolute atomic E-state index is 13.8. The summed E-state index contributed by atoms with van der Waals surface area (Å²) in [4.78, 5) is 21.2. The van der Waals surface area contributed by atoms with Crippen molar-refractivity contribution < 1.29 is 16.5 Å². The summed E-state index contributed by atoms with van der Waals surface area (Å²) in [7, 11) is -5.20. The van der Waals surface area contributed by atoms with Crippen LogP contribution in [-0.2, 0) is 17.0 Å². The molecule has 0 saturated heterocycles. The fourth-order valence-electron chi connectivity index (χ4n) is 4.75. The molecule has 9 heteroatoms. The molecule has 3 aromatic heterocycles. The van der Waals surface area contributed by atoms with Crippen molar-refractivity contribution >= 4 is 43.3 Å². The van der Waals surface area contributed by atoms with Crippen molar-refractivity contribution in [2.24, 2.45) is 0 Å². The van der Waals surface area contributed by atoms with E-state index < -0.39 is 10.5 Å². The number of pyridine rings is 2. The lowest BCUT2D eigenvalue weighted by Crippen LogP contribution is -2.11. The maximum atomic E-state index is 13.8. The SMILES string of the molecule is C#Cc1ccc2c(c1)[nH]c1c2c(=O)c2cc(C(C)C)c(-c3cncc(OS(=O)(=O)F)c3)cc2n1CC. The third-order valence-corrected chi connectivity index (χ3v) is 6.70. The van der Waals surface area contributed by atoms with Crippen molar-refractivity contribution in [1.82, 2.24) is 14.5 Å². The number of nitrogens with one attached hydrogen (secondary N) is 1. The summed E-state index contributed by atoms with van der Waals surface area (Å²) in [5, 5.41) is 1.95. The molecule has 1 N–H and O–H groups in total. The lowest BCUT2D eigenvalue weighted by Gasteiger charge is -2.18. The molecule has 0 fully saturated rings. The van der Waals surface area contributed by atoms with Crippen molar-refractivity contribution in [2.45, 2.75) is 33.2 Å². The fraction of sp³-hybridized carbons (Fsp3) is 0.185. The Kier molecular flexibility index (Phi) is 5.57. The normalized spacial score (nSPS) is 12.0. The summed E-state index contributed by atoms with van der Waals surface area (Å²) in [5.41, 5.74) is 4.90. The Balaban J connectivity index is 1.86. The molecule has 3 heterocycles. The number of aromatic nitrogens is 3. The van der Waals surface area contributed by atoms with Crippen LogP contribution >= 0.6 is 0 Å². The van der Waals surface area contributed by atoms with Crippen LogP contribution in [0.25, 0.3) is 44.0 Å². The highest BCUT2D eigenvalue weighted by Crippen LogP contribution is 2.35. The van der Waals surface area contributed by atoms with Crippen LogP contribution in [0.3, 0.4) is 0 Å². The number of nitrogens with zero attached hydrogens (tertiary/aromatic N) is 2. The Morgan fingerprint density at radius 2 is 1.94 bits per heavy atom. The molecular weight excluding hydrogens is 481 g/mol. The van der Waals surface area contributed by atoms with E-state index in [2.05, 4.69) is 20.1 Å². The van der Waals surface area contributed by atoms with Gasteiger partial charge in [0.05, 0.1) is 17.1 Å². The van der Waals surface area contributed by atoms with Crippen molar-refractivity contribution in [1.29, 1.82) is 0 Å². The first-order chi connectivity index (χ1) is 17.1. The monoisotopic (exact) mass is 503 g/mol. The molecule has 36 heavy (non-hydrogen) atoms. The highest BCUT2D eigenvalue weighted by Gasteiger charge is 2.20. The average molecular weight is 504 g/mol. The Morgan fingerprint density at radius 1 is 1.17 bits per heavy atom. The highest BCUT2D eigenvalue weighted by atomic mass is 32.3. The smallest absolute Gasteiger partial charge is 0.357 e. The molecular formula is C27H22FN3O4S. The van der Waals surface area contributed by atoms with E-state index in [1.807, 2.05) is 55.7 Å². The number of rotatable bonds is 5. The first-order valence-electron chi connectivity index (χ1n) is 11.3. The molecule has 0 radical (unpaired) electrons. The summed E-state index contributed by atoms with van der Waals surface area (Å²) in [6, 6.07) is 10.7. The zero-order chi connectivity index (χ0) is 25.8. The maximum Gasteiger partial charge on any atom is 0.488 e. The zero-order valence-corrected chi connectivity index (χ0v) is 20.6. The van der Waals surface area contributed by atoms with Crippen LogP contribution < -0.4 is 9.61 Å². The van der Waals surface area contributed by atoms with Crippen LogP contribution in [-0.4, -0.2) is 23.0 Å². The molecule has 0 aliphatic carbocycles. The van der Waals surface area contributed by atoms with Crippen LogP contribution in [0, 0.1) is 12.3 Å². The van der Waals surface area contributed by atoms with Gasteiger partial charge in [-0.15, -0.1) is 6.42 Å². The largest absolute Gasteiger partial charge is 0.488 e. The number of aryl methyl sites for hydroxylation is 1. The lowest BCUT2D eigenvalue weighted by molar-refractivity contribution is 0.439. The first kappa shape index (κ1) is 23.6. The molecule has 2 aromatic carbocycles. The van der Waals surface area contributed by atoms with Gasteiger partial charge in [-0.25, -0.2) is 0 Å². The molecule has 5 rings (SSSR count). The summed E-state index contributed by atoms with van der Waals surface area (Å²) in [6.45, 7) is 6.55. The number of fused-ring (bicyclic) bond motifs is 4. The minimum atomic E-state index is -5.20. The van der Waals surface area contributed by atoms with Crippen molar-refractivity contribution in [2.75, 3.05) is 0 Å². The van der Waals surface area contributed by atoms with E-state index in [0.29, 0.717) is 39.6 Å². The minimum absolute atomic E-state index is 0.0187. The second-order valence-electron chi connectivity index (χ2n) is 8.82. The molecule has 0 unspecified atom stereocenters. The predicted octanol–water partition coefficient (Wildman–Crippen LogP) is 5.42. The van der Waals surface area contributed by atoms with Crippen LogP contribution in [0.4, 0.5) is 3.89 Å². The van der Waals surface area contributed by atoms with Gasteiger partial charge < -0.3 is 13.7 Å². The van der Waals surface area contributed by atoms with Gasteiger partial charge in [0.15, 0.2) is 11.2 Å². The van der Waals surface area contributed by atoms with Gasteiger partial charge in [-0.1, -0.05) is 29.7 Å². The van der Waals surface area contributed by atoms with Crippen molar-refractivity contribution in [3.8, 4) is 29.2 Å². The molecule has 0 aliphatic heterocycles. The van der Waals surface area contributed by atoms with E-state index in [0.717, 1.165) is 28.2 Å². The van der Waals surface area contributed by atoms with E-state index in [1.54, 1.807) is 6.20 Å². The standard InChI is InChI=1S/C27H22FN3O4S/c1-5-16-7-8-19-23(9-16)30-27-25(19)26(32)22-11-20(15(3)4)21(12-24(22)31(27)6-2)17-10-18(14-29-13-17)35-36(28,33)34/h1,7-15,30H,6H2,2-4H3. The van der Waals surface area contributed by atoms with Gasteiger partial charge >= 0.3 is 10.5 Å². The molecule has 0 aliphatic rings. The highest BCUT2D eigenvalue weighted by molar-refractivity contribution is 7.81. The van der Waals surface area contributed by atoms with Gasteiger partial charge in [0.2, 0.25) is 0 Å². The number of halogens is 1. The average Bonchev–Trinajstić information content (AvgIpc) is 3.21. The number of aromatic amines is 1.